The molecule has 0 aliphatic heterocycles. The second kappa shape index (κ2) is 6.37. The number of nitrogens with zero attached hydrogens (tertiary/aromatic N) is 2. The van der Waals surface area contributed by atoms with Gasteiger partial charge < -0.3 is 0 Å². The van der Waals surface area contributed by atoms with Crippen molar-refractivity contribution in [2.75, 3.05) is 13.1 Å². The SMILES string of the molecule is CCNC1(C#N)CCC(N(CC)C(C)CC)C1. The van der Waals surface area contributed by atoms with Gasteiger partial charge in [0.05, 0.1) is 6.07 Å². The van der Waals surface area contributed by atoms with Crippen LogP contribution in [0.4, 0.5) is 0 Å². The van der Waals surface area contributed by atoms with E-state index in [0.717, 1.165) is 32.4 Å². The monoisotopic (exact) mass is 237 g/mol. The van der Waals surface area contributed by atoms with Gasteiger partial charge in [0.2, 0.25) is 0 Å². The predicted molar refractivity (Wildman–Crippen MR) is 71.8 cm³/mol. The topological polar surface area (TPSA) is 39.1 Å². The Morgan fingerprint density at radius 1 is 1.47 bits per heavy atom. The molecule has 3 heteroatoms. The zero-order chi connectivity index (χ0) is 12.9. The van der Waals surface area contributed by atoms with Gasteiger partial charge in [-0.25, -0.2) is 0 Å². The standard InChI is InChI=1S/C14H27N3/c1-5-12(4)17(7-3)13-8-9-14(10-13,11-15)16-6-2/h12-13,16H,5-10H2,1-4H3. The highest BCUT2D eigenvalue weighted by molar-refractivity contribution is 5.13. The smallest absolute Gasteiger partial charge is 0.108 e. The van der Waals surface area contributed by atoms with E-state index in [9.17, 15) is 5.26 Å². The van der Waals surface area contributed by atoms with Crippen molar-refractivity contribution in [2.24, 2.45) is 0 Å². The predicted octanol–water partition coefficient (Wildman–Crippen LogP) is 2.53. The summed E-state index contributed by atoms with van der Waals surface area (Å²) >= 11 is 0. The van der Waals surface area contributed by atoms with E-state index in [0.29, 0.717) is 12.1 Å². The van der Waals surface area contributed by atoms with Crippen LogP contribution in [0.3, 0.4) is 0 Å². The molecule has 1 fully saturated rings. The fourth-order valence-corrected chi connectivity index (χ4v) is 3.11. The second-order valence-electron chi connectivity index (χ2n) is 5.21. The molecule has 0 saturated heterocycles. The molecule has 0 aromatic rings. The molecule has 0 spiro atoms. The van der Waals surface area contributed by atoms with Crippen LogP contribution in [0.5, 0.6) is 0 Å². The molecule has 0 amide bonds. The first-order valence-electron chi connectivity index (χ1n) is 7.04. The van der Waals surface area contributed by atoms with Gasteiger partial charge in [-0.05, 0) is 45.7 Å². The van der Waals surface area contributed by atoms with Gasteiger partial charge in [-0.15, -0.1) is 0 Å². The molecule has 1 N–H and O–H groups in total. The zero-order valence-corrected chi connectivity index (χ0v) is 11.8. The van der Waals surface area contributed by atoms with E-state index in [1.54, 1.807) is 0 Å². The molecule has 1 saturated carbocycles. The number of nitriles is 1. The van der Waals surface area contributed by atoms with E-state index >= 15 is 0 Å². The van der Waals surface area contributed by atoms with Gasteiger partial charge in [0.15, 0.2) is 0 Å². The Labute approximate surface area is 106 Å². The van der Waals surface area contributed by atoms with Crippen LogP contribution in [0.2, 0.25) is 0 Å². The van der Waals surface area contributed by atoms with E-state index in [-0.39, 0.29) is 5.54 Å². The van der Waals surface area contributed by atoms with Crippen LogP contribution in [0, 0.1) is 11.3 Å². The molecule has 0 radical (unpaired) electrons. The summed E-state index contributed by atoms with van der Waals surface area (Å²) in [5.74, 6) is 0. The van der Waals surface area contributed by atoms with Gasteiger partial charge in [-0.3, -0.25) is 10.2 Å². The molecule has 98 valence electrons. The molecular weight excluding hydrogens is 210 g/mol. The highest BCUT2D eigenvalue weighted by Gasteiger charge is 2.41. The summed E-state index contributed by atoms with van der Waals surface area (Å²) in [6.45, 7) is 10.8. The molecule has 3 atom stereocenters. The molecule has 0 aromatic heterocycles. The lowest BCUT2D eigenvalue weighted by Crippen LogP contribution is -2.45. The Bertz CT molecular complexity index is 271. The third-order valence-corrected chi connectivity index (χ3v) is 4.21. The minimum atomic E-state index is -0.264. The molecule has 0 heterocycles. The number of hydrogen-bond donors (Lipinski definition) is 1. The molecule has 0 bridgehead atoms. The first-order valence-corrected chi connectivity index (χ1v) is 7.04. The van der Waals surface area contributed by atoms with E-state index in [4.69, 9.17) is 0 Å². The summed E-state index contributed by atoms with van der Waals surface area (Å²) in [7, 11) is 0. The normalized spacial score (nSPS) is 30.5. The highest BCUT2D eigenvalue weighted by Crippen LogP contribution is 2.33. The number of rotatable bonds is 6. The Hall–Kier alpha value is -0.590. The van der Waals surface area contributed by atoms with Crippen LogP contribution in [-0.2, 0) is 0 Å². The van der Waals surface area contributed by atoms with Gasteiger partial charge in [0.25, 0.3) is 0 Å². The zero-order valence-electron chi connectivity index (χ0n) is 11.8. The molecule has 0 aromatic carbocycles. The Morgan fingerprint density at radius 2 is 2.18 bits per heavy atom. The molecule has 3 nitrogen and oxygen atoms in total. The lowest BCUT2D eigenvalue weighted by atomic mass is 9.99. The third kappa shape index (κ3) is 3.20. The lowest BCUT2D eigenvalue weighted by Gasteiger charge is -2.34. The minimum Gasteiger partial charge on any atom is -0.300 e. The van der Waals surface area contributed by atoms with Crippen molar-refractivity contribution in [2.45, 2.75) is 71.0 Å². The van der Waals surface area contributed by atoms with Crippen LogP contribution in [0.15, 0.2) is 0 Å². The summed E-state index contributed by atoms with van der Waals surface area (Å²) in [5, 5.41) is 12.8. The quantitative estimate of drug-likeness (QED) is 0.771. The fraction of sp³-hybridized carbons (Fsp3) is 0.929. The van der Waals surface area contributed by atoms with Gasteiger partial charge in [-0.2, -0.15) is 5.26 Å². The third-order valence-electron chi connectivity index (χ3n) is 4.21. The maximum atomic E-state index is 9.38. The molecule has 1 aliphatic rings. The Balaban J connectivity index is 2.67. The first kappa shape index (κ1) is 14.5. The number of hydrogen-bond acceptors (Lipinski definition) is 3. The van der Waals surface area contributed by atoms with Gasteiger partial charge in [0, 0.05) is 12.1 Å². The van der Waals surface area contributed by atoms with Crippen molar-refractivity contribution >= 4 is 0 Å². The average molecular weight is 237 g/mol. The molecule has 1 aliphatic carbocycles. The van der Waals surface area contributed by atoms with Crippen LogP contribution in [-0.4, -0.2) is 35.6 Å². The fourth-order valence-electron chi connectivity index (χ4n) is 3.11. The summed E-state index contributed by atoms with van der Waals surface area (Å²) in [6.07, 6.45) is 4.31. The van der Waals surface area contributed by atoms with E-state index < -0.39 is 0 Å². The van der Waals surface area contributed by atoms with Crippen molar-refractivity contribution in [3.8, 4) is 6.07 Å². The van der Waals surface area contributed by atoms with E-state index in [1.165, 1.54) is 6.42 Å². The van der Waals surface area contributed by atoms with Crippen molar-refractivity contribution in [1.82, 2.24) is 10.2 Å². The van der Waals surface area contributed by atoms with Gasteiger partial charge >= 0.3 is 0 Å². The van der Waals surface area contributed by atoms with E-state index in [1.807, 2.05) is 0 Å². The maximum Gasteiger partial charge on any atom is 0.108 e. The van der Waals surface area contributed by atoms with Gasteiger partial charge in [0.1, 0.15) is 5.54 Å². The second-order valence-corrected chi connectivity index (χ2v) is 5.21. The molecule has 1 rings (SSSR count). The summed E-state index contributed by atoms with van der Waals surface area (Å²) < 4.78 is 0. The van der Waals surface area contributed by atoms with Gasteiger partial charge in [-0.1, -0.05) is 20.8 Å². The lowest BCUT2D eigenvalue weighted by molar-refractivity contribution is 0.145. The highest BCUT2D eigenvalue weighted by atomic mass is 15.2. The van der Waals surface area contributed by atoms with Crippen LogP contribution in [0.1, 0.15) is 53.4 Å². The van der Waals surface area contributed by atoms with Crippen LogP contribution in [0.25, 0.3) is 0 Å². The van der Waals surface area contributed by atoms with Crippen molar-refractivity contribution in [3.63, 3.8) is 0 Å². The van der Waals surface area contributed by atoms with Crippen LogP contribution >= 0.6 is 0 Å². The van der Waals surface area contributed by atoms with Crippen LogP contribution < -0.4 is 5.32 Å². The van der Waals surface area contributed by atoms with E-state index in [2.05, 4.69) is 44.0 Å². The largest absolute Gasteiger partial charge is 0.300 e. The summed E-state index contributed by atoms with van der Waals surface area (Å²) in [6, 6.07) is 3.71. The molecular formula is C14H27N3. The summed E-state index contributed by atoms with van der Waals surface area (Å²) in [4.78, 5) is 2.57. The van der Waals surface area contributed by atoms with Crippen molar-refractivity contribution in [1.29, 1.82) is 5.26 Å². The van der Waals surface area contributed by atoms with Crippen molar-refractivity contribution in [3.05, 3.63) is 0 Å². The summed E-state index contributed by atoms with van der Waals surface area (Å²) in [5.41, 5.74) is -0.264. The Morgan fingerprint density at radius 3 is 2.65 bits per heavy atom. The molecule has 17 heavy (non-hydrogen) atoms. The maximum absolute atomic E-state index is 9.38. The Kier molecular flexibility index (Phi) is 5.42. The van der Waals surface area contributed by atoms with Crippen molar-refractivity contribution < 1.29 is 0 Å². The average Bonchev–Trinajstić information content (AvgIpc) is 2.75. The first-order chi connectivity index (χ1) is 8.12. The number of nitrogens with one attached hydrogen (secondary N) is 1. The molecule has 3 unspecified atom stereocenters. The minimum absolute atomic E-state index is 0.264.